The average Bonchev–Trinajstić information content (AvgIpc) is 2.61. The van der Waals surface area contributed by atoms with E-state index in [-0.39, 0.29) is 5.75 Å². The van der Waals surface area contributed by atoms with E-state index in [1.807, 2.05) is 7.85 Å². The number of hydrogen-bond acceptors (Lipinski definition) is 5. The maximum atomic E-state index is 12.1. The number of hydrogen-bond donors (Lipinski definition) is 4. The van der Waals surface area contributed by atoms with Crippen molar-refractivity contribution in [1.82, 2.24) is 10.9 Å². The van der Waals surface area contributed by atoms with Gasteiger partial charge in [0.25, 0.3) is 11.8 Å². The van der Waals surface area contributed by atoms with Crippen molar-refractivity contribution in [3.63, 3.8) is 0 Å². The summed E-state index contributed by atoms with van der Waals surface area (Å²) in [5, 5.41) is 21.7. The molecule has 0 fully saturated rings. The van der Waals surface area contributed by atoms with E-state index in [9.17, 15) is 14.7 Å². The van der Waals surface area contributed by atoms with Crippen molar-refractivity contribution < 1.29 is 19.9 Å². The number of rotatable bonds is 5. The number of carbonyl (C=O) groups excluding carboxylic acids is 2. The number of amides is 2. The molecule has 0 aliphatic carbocycles. The molecule has 2 amide bonds. The van der Waals surface area contributed by atoms with Crippen molar-refractivity contribution in [3.8, 4) is 5.75 Å². The number of phenolic OH excluding ortho intramolecular Hbond substituents is 1. The fraction of sp³-hybridized carbons (Fsp3) is 0. The van der Waals surface area contributed by atoms with Crippen LogP contribution in [-0.4, -0.2) is 36.2 Å². The lowest BCUT2D eigenvalue weighted by molar-refractivity contribution is -0.124. The van der Waals surface area contributed by atoms with Crippen LogP contribution in [0.1, 0.15) is 21.5 Å². The number of nitrogens with zero attached hydrogens (tertiary/aromatic N) is 1. The van der Waals surface area contributed by atoms with Crippen LogP contribution >= 0.6 is 0 Å². The molecule has 0 heterocycles. The predicted octanol–water partition coefficient (Wildman–Crippen LogP) is -0.0669. The normalized spacial score (nSPS) is 10.9. The van der Waals surface area contributed by atoms with Crippen molar-refractivity contribution in [3.05, 3.63) is 65.2 Å². The van der Waals surface area contributed by atoms with Gasteiger partial charge >= 0.3 is 0 Å². The van der Waals surface area contributed by atoms with Crippen molar-refractivity contribution in [2.24, 2.45) is 5.10 Å². The lowest BCUT2D eigenvalue weighted by atomic mass is 9.91. The lowest BCUT2D eigenvalue weighted by Crippen LogP contribution is -2.18. The molecular weight excluding hydrogens is 321 g/mol. The number of aromatic hydroxyl groups is 1. The van der Waals surface area contributed by atoms with Crippen LogP contribution in [0, 0.1) is 0 Å². The summed E-state index contributed by atoms with van der Waals surface area (Å²) >= 11 is 0. The quantitative estimate of drug-likeness (QED) is 0.201. The Labute approximate surface area is 145 Å². The number of carbonyl (C=O) groups is 2. The molecule has 0 radical (unpaired) electrons. The average molecular weight is 337 g/mol. The summed E-state index contributed by atoms with van der Waals surface area (Å²) < 4.78 is 0. The number of benzene rings is 2. The first-order valence-corrected chi connectivity index (χ1v) is 7.35. The molecule has 126 valence electrons. The van der Waals surface area contributed by atoms with Crippen LogP contribution < -0.4 is 16.4 Å². The molecule has 2 aromatic carbocycles. The van der Waals surface area contributed by atoms with Crippen LogP contribution in [-0.2, 0) is 4.79 Å². The van der Waals surface area contributed by atoms with Gasteiger partial charge in [0.2, 0.25) is 0 Å². The maximum Gasteiger partial charge on any atom is 0.271 e. The minimum atomic E-state index is -0.663. The van der Waals surface area contributed by atoms with Crippen LogP contribution in [0.5, 0.6) is 5.75 Å². The molecule has 8 heteroatoms. The molecule has 2 rings (SSSR count). The van der Waals surface area contributed by atoms with Crippen LogP contribution in [0.3, 0.4) is 0 Å². The predicted molar refractivity (Wildman–Crippen MR) is 96.8 cm³/mol. The lowest BCUT2D eigenvalue weighted by Gasteiger charge is -2.03. The third-order valence-electron chi connectivity index (χ3n) is 3.31. The van der Waals surface area contributed by atoms with Crippen molar-refractivity contribution in [2.75, 3.05) is 0 Å². The Hall–Kier alpha value is -3.39. The number of hydrazone groups is 1. The molecule has 0 aliphatic rings. The largest absolute Gasteiger partial charge is 0.508 e. The highest BCUT2D eigenvalue weighted by Gasteiger charge is 2.04. The van der Waals surface area contributed by atoms with E-state index < -0.39 is 11.8 Å². The molecule has 0 bridgehead atoms. The summed E-state index contributed by atoms with van der Waals surface area (Å²) in [7, 11) is 1.82. The Bertz CT molecular complexity index is 850. The zero-order chi connectivity index (χ0) is 18.2. The highest BCUT2D eigenvalue weighted by molar-refractivity contribution is 6.35. The number of hydroxylamine groups is 1. The fourth-order valence-electron chi connectivity index (χ4n) is 2.02. The van der Waals surface area contributed by atoms with E-state index in [2.05, 4.69) is 10.5 Å². The molecular formula is C17H16BN3O4. The van der Waals surface area contributed by atoms with Gasteiger partial charge in [0.05, 0.1) is 6.21 Å². The van der Waals surface area contributed by atoms with E-state index in [1.54, 1.807) is 36.4 Å². The summed E-state index contributed by atoms with van der Waals surface area (Å²) in [4.78, 5) is 23.1. The molecule has 0 aliphatic heterocycles. The fourth-order valence-corrected chi connectivity index (χ4v) is 2.02. The van der Waals surface area contributed by atoms with Crippen LogP contribution in [0.2, 0.25) is 0 Å². The molecule has 0 aromatic heterocycles. The Morgan fingerprint density at radius 1 is 1.16 bits per heavy atom. The second-order valence-corrected chi connectivity index (χ2v) is 5.17. The molecule has 0 unspecified atom stereocenters. The smallest absolute Gasteiger partial charge is 0.271 e. The van der Waals surface area contributed by atoms with Gasteiger partial charge in [0, 0.05) is 11.6 Å². The van der Waals surface area contributed by atoms with Gasteiger partial charge in [-0.3, -0.25) is 14.8 Å². The van der Waals surface area contributed by atoms with Crippen LogP contribution in [0.15, 0.2) is 53.6 Å². The molecule has 0 saturated carbocycles. The van der Waals surface area contributed by atoms with Crippen LogP contribution in [0.4, 0.5) is 0 Å². The van der Waals surface area contributed by atoms with Crippen molar-refractivity contribution >= 4 is 37.4 Å². The van der Waals surface area contributed by atoms with E-state index in [0.29, 0.717) is 11.1 Å². The molecule has 0 atom stereocenters. The summed E-state index contributed by atoms with van der Waals surface area (Å²) in [6.07, 6.45) is 4.09. The van der Waals surface area contributed by atoms with Gasteiger partial charge in [-0.15, -0.1) is 0 Å². The monoisotopic (exact) mass is 337 g/mol. The first-order chi connectivity index (χ1) is 12.0. The second-order valence-electron chi connectivity index (χ2n) is 5.17. The minimum absolute atomic E-state index is 0.165. The van der Waals surface area contributed by atoms with Gasteiger partial charge in [-0.1, -0.05) is 23.7 Å². The third kappa shape index (κ3) is 5.33. The van der Waals surface area contributed by atoms with Crippen molar-refractivity contribution in [1.29, 1.82) is 0 Å². The summed E-state index contributed by atoms with van der Waals surface area (Å²) in [6, 6.07) is 11.4. The Morgan fingerprint density at radius 2 is 1.96 bits per heavy atom. The van der Waals surface area contributed by atoms with Crippen LogP contribution in [0.25, 0.3) is 6.08 Å². The van der Waals surface area contributed by atoms with Gasteiger partial charge in [0.1, 0.15) is 13.6 Å². The molecule has 0 spiro atoms. The second kappa shape index (κ2) is 8.46. The van der Waals surface area contributed by atoms with Gasteiger partial charge in [-0.2, -0.15) is 5.10 Å². The molecule has 25 heavy (non-hydrogen) atoms. The highest BCUT2D eigenvalue weighted by atomic mass is 16.5. The van der Waals surface area contributed by atoms with E-state index >= 15 is 0 Å². The van der Waals surface area contributed by atoms with Gasteiger partial charge in [-0.05, 0) is 41.5 Å². The first kappa shape index (κ1) is 18.0. The highest BCUT2D eigenvalue weighted by Crippen LogP contribution is 2.08. The molecule has 2 aromatic rings. The Kier molecular flexibility index (Phi) is 6.08. The number of phenols is 1. The summed E-state index contributed by atoms with van der Waals surface area (Å²) in [5.41, 5.74) is 6.48. The van der Waals surface area contributed by atoms with E-state index in [1.165, 1.54) is 23.8 Å². The minimum Gasteiger partial charge on any atom is -0.508 e. The maximum absolute atomic E-state index is 12.1. The zero-order valence-electron chi connectivity index (χ0n) is 13.4. The van der Waals surface area contributed by atoms with E-state index in [4.69, 9.17) is 5.21 Å². The molecule has 7 nitrogen and oxygen atoms in total. The van der Waals surface area contributed by atoms with Gasteiger partial charge < -0.3 is 5.11 Å². The molecule has 0 saturated heterocycles. The summed E-state index contributed by atoms with van der Waals surface area (Å²) in [5.74, 6) is -0.906. The zero-order valence-corrected chi connectivity index (χ0v) is 13.4. The first-order valence-electron chi connectivity index (χ1n) is 7.35. The molecule has 4 N–H and O–H groups in total. The standard InChI is InChI=1S/C17H16BN3O4/c18-15-9-14(22)6-5-13(15)10-19-20-17(24)12-3-1-2-11(8-12)4-7-16(23)21-25/h1-10,22,25H,18H2,(H,20,24)(H,21,23)/b7-4+,19-10+. The van der Waals surface area contributed by atoms with E-state index in [0.717, 1.165) is 17.1 Å². The van der Waals surface area contributed by atoms with Crippen molar-refractivity contribution in [2.45, 2.75) is 0 Å². The van der Waals surface area contributed by atoms with Gasteiger partial charge in [0.15, 0.2) is 0 Å². The van der Waals surface area contributed by atoms with Gasteiger partial charge in [-0.25, -0.2) is 10.9 Å². The number of nitrogens with one attached hydrogen (secondary N) is 2. The SMILES string of the molecule is Bc1cc(O)ccc1/C=N/NC(=O)c1cccc(/C=C/C(=O)NO)c1. The Balaban J connectivity index is 2.04. The summed E-state index contributed by atoms with van der Waals surface area (Å²) in [6.45, 7) is 0. The Morgan fingerprint density at radius 3 is 2.68 bits per heavy atom. The topological polar surface area (TPSA) is 111 Å². The third-order valence-corrected chi connectivity index (χ3v) is 3.31.